The normalized spacial score (nSPS) is 26.3. The highest BCUT2D eigenvalue weighted by atomic mass is 16.5. The van der Waals surface area contributed by atoms with E-state index in [1.165, 1.54) is 0 Å². The summed E-state index contributed by atoms with van der Waals surface area (Å²) in [6.07, 6.45) is 3.15. The lowest BCUT2D eigenvalue weighted by Gasteiger charge is -2.54. The van der Waals surface area contributed by atoms with Crippen LogP contribution in [-0.4, -0.2) is 64.7 Å². The van der Waals surface area contributed by atoms with Gasteiger partial charge in [0.25, 0.3) is 5.91 Å². The van der Waals surface area contributed by atoms with Crippen LogP contribution in [0.2, 0.25) is 0 Å². The summed E-state index contributed by atoms with van der Waals surface area (Å²) < 4.78 is 7.73. The number of amides is 1. The summed E-state index contributed by atoms with van der Waals surface area (Å²) in [5, 5.41) is 11.9. The van der Waals surface area contributed by atoms with Crippen LogP contribution in [-0.2, 0) is 4.74 Å². The van der Waals surface area contributed by atoms with E-state index in [1.54, 1.807) is 0 Å². The Kier molecular flexibility index (Phi) is 5.16. The molecule has 0 spiro atoms. The molecule has 2 heterocycles. The third-order valence-electron chi connectivity index (χ3n) is 6.07. The molecule has 7 heteroatoms. The first-order valence-corrected chi connectivity index (χ1v) is 9.39. The van der Waals surface area contributed by atoms with E-state index >= 15 is 0 Å². The summed E-state index contributed by atoms with van der Waals surface area (Å²) in [5.74, 6) is -0.0364. The summed E-state index contributed by atoms with van der Waals surface area (Å²) in [4.78, 5) is 14.8. The molecule has 1 aliphatic carbocycles. The molecule has 2 aliphatic rings. The molecule has 0 radical (unpaired) electrons. The molecule has 25 heavy (non-hydrogen) atoms. The van der Waals surface area contributed by atoms with Crippen molar-refractivity contribution in [2.24, 2.45) is 5.41 Å². The Morgan fingerprint density at radius 1 is 1.40 bits per heavy atom. The topological polar surface area (TPSA) is 72.3 Å². The van der Waals surface area contributed by atoms with Crippen LogP contribution in [0.15, 0.2) is 0 Å². The minimum absolute atomic E-state index is 0.0364. The molecule has 0 aromatic carbocycles. The number of hydrogen-bond acceptors (Lipinski definition) is 5. The smallest absolute Gasteiger partial charge is 0.276 e. The van der Waals surface area contributed by atoms with Crippen LogP contribution in [0.1, 0.15) is 62.3 Å². The summed E-state index contributed by atoms with van der Waals surface area (Å²) in [5.41, 5.74) is 1.32. The quantitative estimate of drug-likeness (QED) is 0.877. The molecule has 1 aromatic rings. The van der Waals surface area contributed by atoms with E-state index in [0.717, 1.165) is 38.0 Å². The van der Waals surface area contributed by atoms with E-state index in [9.17, 15) is 4.79 Å². The molecule has 7 nitrogen and oxygen atoms in total. The standard InChI is InChI=1S/C18H31N5O2/c1-6-25-15-11-14(18(15,3)4)22(5)17(24)16-12(2)23(21-20-16)13-7-9-19-10-8-13/h13-15,19H,6-11H2,1-5H3/t14-,15-/m0/s1. The molecule has 1 saturated carbocycles. The second-order valence-electron chi connectivity index (χ2n) is 7.88. The average Bonchev–Trinajstić information content (AvgIpc) is 2.99. The van der Waals surface area contributed by atoms with Gasteiger partial charge in [0.05, 0.1) is 17.8 Å². The predicted octanol–water partition coefficient (Wildman–Crippen LogP) is 1.79. The van der Waals surface area contributed by atoms with Crippen molar-refractivity contribution in [3.05, 3.63) is 11.4 Å². The molecule has 2 atom stereocenters. The number of carbonyl (C=O) groups excluding carboxylic acids is 1. The Labute approximate surface area is 150 Å². The van der Waals surface area contributed by atoms with Crippen LogP contribution in [0.4, 0.5) is 0 Å². The molecule has 0 unspecified atom stereocenters. The Morgan fingerprint density at radius 2 is 2.08 bits per heavy atom. The number of nitrogens with one attached hydrogen (secondary N) is 1. The lowest BCUT2D eigenvalue weighted by atomic mass is 9.63. The van der Waals surface area contributed by atoms with Gasteiger partial charge in [-0.25, -0.2) is 4.68 Å². The zero-order valence-corrected chi connectivity index (χ0v) is 16.1. The first-order chi connectivity index (χ1) is 11.9. The van der Waals surface area contributed by atoms with E-state index in [4.69, 9.17) is 4.74 Å². The minimum Gasteiger partial charge on any atom is -0.378 e. The van der Waals surface area contributed by atoms with Crippen LogP contribution in [0.25, 0.3) is 0 Å². The highest BCUT2D eigenvalue weighted by Crippen LogP contribution is 2.45. The first-order valence-electron chi connectivity index (χ1n) is 9.39. The fraction of sp³-hybridized carbons (Fsp3) is 0.833. The molecule has 0 bridgehead atoms. The number of hydrogen-bond donors (Lipinski definition) is 1. The fourth-order valence-electron chi connectivity index (χ4n) is 4.25. The van der Waals surface area contributed by atoms with Gasteiger partial charge in [0.15, 0.2) is 5.69 Å². The van der Waals surface area contributed by atoms with Crippen molar-refractivity contribution < 1.29 is 9.53 Å². The summed E-state index contributed by atoms with van der Waals surface area (Å²) in [6.45, 7) is 11.0. The highest BCUT2D eigenvalue weighted by Gasteiger charge is 2.52. The van der Waals surface area contributed by atoms with Crippen molar-refractivity contribution in [3.8, 4) is 0 Å². The minimum atomic E-state index is -0.0423. The van der Waals surface area contributed by atoms with Gasteiger partial charge in [-0.05, 0) is 46.2 Å². The maximum atomic E-state index is 13.0. The van der Waals surface area contributed by atoms with Crippen molar-refractivity contribution in [3.63, 3.8) is 0 Å². The Bertz CT molecular complexity index is 621. The number of rotatable bonds is 5. The molecule has 1 saturated heterocycles. The first kappa shape index (κ1) is 18.3. The molecule has 3 rings (SSSR count). The van der Waals surface area contributed by atoms with Gasteiger partial charge < -0.3 is 15.0 Å². The monoisotopic (exact) mass is 349 g/mol. The molecule has 1 N–H and O–H groups in total. The van der Waals surface area contributed by atoms with Crippen LogP contribution in [0.5, 0.6) is 0 Å². The van der Waals surface area contributed by atoms with Gasteiger partial charge in [-0.15, -0.1) is 5.10 Å². The molecule has 140 valence electrons. The maximum absolute atomic E-state index is 13.0. The van der Waals surface area contributed by atoms with Crippen molar-refractivity contribution in [2.75, 3.05) is 26.7 Å². The summed E-state index contributed by atoms with van der Waals surface area (Å²) >= 11 is 0. The third kappa shape index (κ3) is 3.19. The summed E-state index contributed by atoms with van der Waals surface area (Å²) in [7, 11) is 1.87. The van der Waals surface area contributed by atoms with E-state index in [-0.39, 0.29) is 23.5 Å². The zero-order chi connectivity index (χ0) is 18.2. The van der Waals surface area contributed by atoms with Gasteiger partial charge in [0, 0.05) is 25.1 Å². The van der Waals surface area contributed by atoms with Crippen LogP contribution in [0, 0.1) is 12.3 Å². The van der Waals surface area contributed by atoms with E-state index in [1.807, 2.05) is 30.5 Å². The van der Waals surface area contributed by atoms with Gasteiger partial charge in [0.2, 0.25) is 0 Å². The Balaban J connectivity index is 1.72. The van der Waals surface area contributed by atoms with E-state index in [2.05, 4.69) is 29.5 Å². The van der Waals surface area contributed by atoms with Crippen molar-refractivity contribution >= 4 is 5.91 Å². The number of aromatic nitrogens is 3. The molecule has 1 amide bonds. The lowest BCUT2D eigenvalue weighted by molar-refractivity contribution is -0.136. The zero-order valence-electron chi connectivity index (χ0n) is 16.1. The third-order valence-corrected chi connectivity index (χ3v) is 6.07. The van der Waals surface area contributed by atoms with Gasteiger partial charge in [-0.1, -0.05) is 19.1 Å². The predicted molar refractivity (Wildman–Crippen MR) is 95.6 cm³/mol. The average molecular weight is 349 g/mol. The largest absolute Gasteiger partial charge is 0.378 e. The molecule has 2 fully saturated rings. The van der Waals surface area contributed by atoms with Crippen LogP contribution in [0.3, 0.4) is 0 Å². The Morgan fingerprint density at radius 3 is 2.68 bits per heavy atom. The van der Waals surface area contributed by atoms with Gasteiger partial charge in [-0.2, -0.15) is 0 Å². The molecule has 1 aromatic heterocycles. The highest BCUT2D eigenvalue weighted by molar-refractivity contribution is 5.93. The number of piperidine rings is 1. The van der Waals surface area contributed by atoms with Crippen molar-refractivity contribution in [1.29, 1.82) is 0 Å². The van der Waals surface area contributed by atoms with Gasteiger partial charge >= 0.3 is 0 Å². The second-order valence-corrected chi connectivity index (χ2v) is 7.88. The number of nitrogens with zero attached hydrogens (tertiary/aromatic N) is 4. The Hall–Kier alpha value is -1.47. The van der Waals surface area contributed by atoms with E-state index < -0.39 is 0 Å². The van der Waals surface area contributed by atoms with Crippen molar-refractivity contribution in [2.45, 2.75) is 65.1 Å². The molecular formula is C18H31N5O2. The van der Waals surface area contributed by atoms with Gasteiger partial charge in [-0.3, -0.25) is 4.79 Å². The van der Waals surface area contributed by atoms with Crippen LogP contribution < -0.4 is 5.32 Å². The van der Waals surface area contributed by atoms with Crippen molar-refractivity contribution in [1.82, 2.24) is 25.2 Å². The molecule has 1 aliphatic heterocycles. The maximum Gasteiger partial charge on any atom is 0.276 e. The summed E-state index contributed by atoms with van der Waals surface area (Å²) in [6, 6.07) is 0.503. The number of ether oxygens (including phenoxy) is 1. The lowest BCUT2D eigenvalue weighted by Crippen LogP contribution is -2.62. The SMILES string of the molecule is CCO[C@H]1C[C@H](N(C)C(=O)c2nnn(C3CCNCC3)c2C)C1(C)C. The van der Waals surface area contributed by atoms with Crippen LogP contribution >= 0.6 is 0 Å². The van der Waals surface area contributed by atoms with E-state index in [0.29, 0.717) is 18.3 Å². The van der Waals surface area contributed by atoms with Gasteiger partial charge in [0.1, 0.15) is 0 Å². The fourth-order valence-corrected chi connectivity index (χ4v) is 4.25. The molecular weight excluding hydrogens is 318 g/mol. The second kappa shape index (κ2) is 7.03. The number of carbonyl (C=O) groups is 1.